The van der Waals surface area contributed by atoms with Gasteiger partial charge in [0, 0.05) is 6.42 Å². The standard InChI is InChI=1S/C22H20ClN3O/c1-2-3-8-20-25-19(14-27)22(26-20)21(23)16-11-9-15(10-12-16)18-7-5-4-6-17(18)13-24/h4-7,9-12,14,21H,2-3,8H2,1H3,(H,25,26). The third kappa shape index (κ3) is 4.10. The number of halogens is 1. The van der Waals surface area contributed by atoms with Crippen molar-refractivity contribution >= 4 is 17.9 Å². The first-order valence-electron chi connectivity index (χ1n) is 8.95. The number of carbonyl (C=O) groups is 1. The van der Waals surface area contributed by atoms with E-state index in [2.05, 4.69) is 23.0 Å². The van der Waals surface area contributed by atoms with Crippen LogP contribution in [0.2, 0.25) is 0 Å². The predicted octanol–water partition coefficient (Wildman–Crippen LogP) is 5.43. The summed E-state index contributed by atoms with van der Waals surface area (Å²) >= 11 is 6.64. The van der Waals surface area contributed by atoms with Gasteiger partial charge in [-0.05, 0) is 29.2 Å². The molecule has 0 aliphatic heterocycles. The van der Waals surface area contributed by atoms with Gasteiger partial charge >= 0.3 is 0 Å². The normalized spacial score (nSPS) is 11.7. The molecule has 0 fully saturated rings. The monoisotopic (exact) mass is 377 g/mol. The van der Waals surface area contributed by atoms with Crippen molar-refractivity contribution in [2.45, 2.75) is 31.6 Å². The van der Waals surface area contributed by atoms with Crippen LogP contribution >= 0.6 is 11.6 Å². The largest absolute Gasteiger partial charge is 0.344 e. The summed E-state index contributed by atoms with van der Waals surface area (Å²) in [7, 11) is 0. The van der Waals surface area contributed by atoms with Crippen LogP contribution in [0.4, 0.5) is 0 Å². The number of nitrogens with zero attached hydrogens (tertiary/aromatic N) is 2. The van der Waals surface area contributed by atoms with Crippen molar-refractivity contribution in [1.29, 1.82) is 5.26 Å². The SMILES string of the molecule is CCCCc1nc(C=O)c(C(Cl)c2ccc(-c3ccccc3C#N)cc2)[nH]1. The minimum atomic E-state index is -0.492. The summed E-state index contributed by atoms with van der Waals surface area (Å²) in [6.45, 7) is 2.11. The lowest BCUT2D eigenvalue weighted by molar-refractivity contribution is 0.111. The first-order valence-corrected chi connectivity index (χ1v) is 9.39. The highest BCUT2D eigenvalue weighted by Gasteiger charge is 2.19. The van der Waals surface area contributed by atoms with Crippen molar-refractivity contribution in [3.63, 3.8) is 0 Å². The number of nitrogens with one attached hydrogen (secondary N) is 1. The highest BCUT2D eigenvalue weighted by Crippen LogP contribution is 2.32. The van der Waals surface area contributed by atoms with E-state index in [0.717, 1.165) is 48.1 Å². The molecule has 3 rings (SSSR count). The van der Waals surface area contributed by atoms with Crippen LogP contribution in [0.3, 0.4) is 0 Å². The van der Waals surface area contributed by atoms with E-state index in [1.165, 1.54) is 0 Å². The summed E-state index contributed by atoms with van der Waals surface area (Å²) in [5.74, 6) is 0.791. The molecule has 1 atom stereocenters. The van der Waals surface area contributed by atoms with E-state index in [1.54, 1.807) is 6.07 Å². The number of aromatic amines is 1. The average molecular weight is 378 g/mol. The Morgan fingerprint density at radius 3 is 2.63 bits per heavy atom. The van der Waals surface area contributed by atoms with Gasteiger partial charge < -0.3 is 4.98 Å². The van der Waals surface area contributed by atoms with E-state index in [1.807, 2.05) is 42.5 Å². The maximum Gasteiger partial charge on any atom is 0.170 e. The number of carbonyl (C=O) groups excluding carboxylic acids is 1. The maximum absolute atomic E-state index is 11.4. The number of hydrogen-bond donors (Lipinski definition) is 1. The molecule has 0 saturated heterocycles. The number of rotatable bonds is 7. The van der Waals surface area contributed by atoms with E-state index < -0.39 is 5.38 Å². The zero-order chi connectivity index (χ0) is 19.2. The molecule has 0 amide bonds. The number of aromatic nitrogens is 2. The Kier molecular flexibility index (Phi) is 6.05. The summed E-state index contributed by atoms with van der Waals surface area (Å²) in [4.78, 5) is 19.0. The number of aryl methyl sites for hydroxylation is 1. The van der Waals surface area contributed by atoms with Gasteiger partial charge in [-0.15, -0.1) is 11.6 Å². The van der Waals surface area contributed by atoms with E-state index in [0.29, 0.717) is 17.0 Å². The number of H-pyrrole nitrogens is 1. The minimum absolute atomic E-state index is 0.361. The van der Waals surface area contributed by atoms with Crippen molar-refractivity contribution in [2.75, 3.05) is 0 Å². The van der Waals surface area contributed by atoms with E-state index >= 15 is 0 Å². The molecule has 1 aromatic heterocycles. The summed E-state index contributed by atoms with van der Waals surface area (Å²) in [5, 5.41) is 8.79. The molecule has 0 aliphatic carbocycles. The lowest BCUT2D eigenvalue weighted by Crippen LogP contribution is -1.98. The number of nitriles is 1. The number of alkyl halides is 1. The van der Waals surface area contributed by atoms with E-state index in [9.17, 15) is 10.1 Å². The zero-order valence-corrected chi connectivity index (χ0v) is 15.8. The summed E-state index contributed by atoms with van der Waals surface area (Å²) < 4.78 is 0. The fourth-order valence-electron chi connectivity index (χ4n) is 3.03. The van der Waals surface area contributed by atoms with Crippen LogP contribution in [0, 0.1) is 11.3 Å². The molecule has 0 saturated carbocycles. The second-order valence-electron chi connectivity index (χ2n) is 6.35. The second-order valence-corrected chi connectivity index (χ2v) is 6.78. The first-order chi connectivity index (χ1) is 13.2. The lowest BCUT2D eigenvalue weighted by Gasteiger charge is -2.10. The van der Waals surface area contributed by atoms with Gasteiger partial charge in [0.05, 0.1) is 17.3 Å². The highest BCUT2D eigenvalue weighted by molar-refractivity contribution is 6.22. The summed E-state index contributed by atoms with van der Waals surface area (Å²) in [6.07, 6.45) is 3.60. The molecule has 0 radical (unpaired) electrons. The van der Waals surface area contributed by atoms with Crippen molar-refractivity contribution in [1.82, 2.24) is 9.97 Å². The quantitative estimate of drug-likeness (QED) is 0.440. The molecular weight excluding hydrogens is 358 g/mol. The summed E-state index contributed by atoms with van der Waals surface area (Å²) in [5.41, 5.74) is 4.31. The lowest BCUT2D eigenvalue weighted by atomic mass is 9.98. The molecule has 1 heterocycles. The van der Waals surface area contributed by atoms with Crippen LogP contribution in [0.5, 0.6) is 0 Å². The van der Waals surface area contributed by atoms with Gasteiger partial charge in [-0.1, -0.05) is 55.8 Å². The van der Waals surface area contributed by atoms with Crippen LogP contribution in [0.1, 0.15) is 58.3 Å². The number of benzene rings is 2. The Hall–Kier alpha value is -2.90. The topological polar surface area (TPSA) is 69.5 Å². The van der Waals surface area contributed by atoms with Crippen molar-refractivity contribution in [3.8, 4) is 17.2 Å². The molecule has 27 heavy (non-hydrogen) atoms. The minimum Gasteiger partial charge on any atom is -0.344 e. The molecule has 0 bridgehead atoms. The molecule has 1 N–H and O–H groups in total. The number of unbranched alkanes of at least 4 members (excludes halogenated alkanes) is 1. The number of aldehydes is 1. The number of hydrogen-bond acceptors (Lipinski definition) is 3. The van der Waals surface area contributed by atoms with Gasteiger partial charge in [-0.25, -0.2) is 4.98 Å². The third-order valence-corrected chi connectivity index (χ3v) is 4.97. The molecular formula is C22H20ClN3O. The van der Waals surface area contributed by atoms with Gasteiger partial charge in [-0.2, -0.15) is 5.26 Å². The van der Waals surface area contributed by atoms with Crippen LogP contribution < -0.4 is 0 Å². The smallest absolute Gasteiger partial charge is 0.170 e. The second kappa shape index (κ2) is 8.66. The van der Waals surface area contributed by atoms with Crippen molar-refractivity contribution in [2.24, 2.45) is 0 Å². The molecule has 5 heteroatoms. The van der Waals surface area contributed by atoms with Crippen LogP contribution in [-0.4, -0.2) is 16.3 Å². The van der Waals surface area contributed by atoms with Crippen molar-refractivity contribution in [3.05, 3.63) is 76.9 Å². The fraction of sp³-hybridized carbons (Fsp3) is 0.227. The molecule has 0 spiro atoms. The molecule has 1 unspecified atom stereocenters. The van der Waals surface area contributed by atoms with Gasteiger partial charge in [0.15, 0.2) is 6.29 Å². The van der Waals surface area contributed by atoms with E-state index in [-0.39, 0.29) is 0 Å². The molecule has 3 aromatic rings. The van der Waals surface area contributed by atoms with Crippen molar-refractivity contribution < 1.29 is 4.79 Å². The fourth-order valence-corrected chi connectivity index (χ4v) is 3.34. The summed E-state index contributed by atoms with van der Waals surface area (Å²) in [6, 6.07) is 17.4. The Balaban J connectivity index is 1.88. The molecule has 0 aliphatic rings. The molecule has 136 valence electrons. The van der Waals surface area contributed by atoms with Gasteiger partial charge in [0.1, 0.15) is 16.9 Å². The van der Waals surface area contributed by atoms with Crippen LogP contribution in [-0.2, 0) is 6.42 Å². The van der Waals surface area contributed by atoms with Gasteiger partial charge in [0.2, 0.25) is 0 Å². The first kappa shape index (κ1) is 18.9. The predicted molar refractivity (Wildman–Crippen MR) is 107 cm³/mol. The molecule has 2 aromatic carbocycles. The Morgan fingerprint density at radius 2 is 1.96 bits per heavy atom. The highest BCUT2D eigenvalue weighted by atomic mass is 35.5. The zero-order valence-electron chi connectivity index (χ0n) is 15.1. The Labute approximate surface area is 163 Å². The Morgan fingerprint density at radius 1 is 1.22 bits per heavy atom. The van der Waals surface area contributed by atoms with Gasteiger partial charge in [-0.3, -0.25) is 4.79 Å². The van der Waals surface area contributed by atoms with Crippen LogP contribution in [0.15, 0.2) is 48.5 Å². The van der Waals surface area contributed by atoms with Gasteiger partial charge in [0.25, 0.3) is 0 Å². The number of imidazole rings is 1. The molecule has 4 nitrogen and oxygen atoms in total. The Bertz CT molecular complexity index is 970. The maximum atomic E-state index is 11.4. The van der Waals surface area contributed by atoms with E-state index in [4.69, 9.17) is 11.6 Å². The average Bonchev–Trinajstić information content (AvgIpc) is 3.15. The van der Waals surface area contributed by atoms with Crippen LogP contribution in [0.25, 0.3) is 11.1 Å². The third-order valence-electron chi connectivity index (χ3n) is 4.50.